The van der Waals surface area contributed by atoms with Gasteiger partial charge >= 0.3 is 0 Å². The van der Waals surface area contributed by atoms with Crippen LogP contribution >= 0.6 is 12.6 Å². The minimum absolute atomic E-state index is 0.580. The Morgan fingerprint density at radius 1 is 0.690 bits per heavy atom. The van der Waals surface area contributed by atoms with Crippen molar-refractivity contribution in [2.75, 3.05) is 0 Å². The first kappa shape index (κ1) is 18.7. The quantitative estimate of drug-likeness (QED) is 0.357. The molecule has 5 rings (SSSR count). The van der Waals surface area contributed by atoms with E-state index >= 15 is 0 Å². The molecule has 0 radical (unpaired) electrons. The summed E-state index contributed by atoms with van der Waals surface area (Å²) in [6, 6.07) is 26.1. The van der Waals surface area contributed by atoms with Crippen molar-refractivity contribution in [2.24, 2.45) is 0 Å². The molecule has 29 heavy (non-hydrogen) atoms. The van der Waals surface area contributed by atoms with Crippen molar-refractivity contribution in [1.82, 2.24) is 0 Å². The Kier molecular flexibility index (Phi) is 4.85. The highest BCUT2D eigenvalue weighted by molar-refractivity contribution is 7.79. The lowest BCUT2D eigenvalue weighted by atomic mass is 9.83. The van der Waals surface area contributed by atoms with Gasteiger partial charge in [0.1, 0.15) is 0 Å². The van der Waals surface area contributed by atoms with E-state index in [1.165, 1.54) is 43.8 Å². The van der Waals surface area contributed by atoms with E-state index in [4.69, 9.17) is 0 Å². The first-order valence-corrected chi connectivity index (χ1v) is 11.2. The number of rotatable bonds is 4. The maximum atomic E-state index is 11.2. The van der Waals surface area contributed by atoms with Crippen molar-refractivity contribution in [1.29, 1.82) is 0 Å². The number of hydrogen-bond acceptors (Lipinski definition) is 2. The van der Waals surface area contributed by atoms with Crippen LogP contribution in [-0.2, 0) is 12.2 Å². The molecular weight excluding hydrogens is 372 g/mol. The Morgan fingerprint density at radius 2 is 1.21 bits per heavy atom. The Hall–Kier alpha value is -2.29. The van der Waals surface area contributed by atoms with Gasteiger partial charge in [0.25, 0.3) is 0 Å². The van der Waals surface area contributed by atoms with Crippen LogP contribution in [0, 0.1) is 0 Å². The second-order valence-corrected chi connectivity index (χ2v) is 8.72. The van der Waals surface area contributed by atoms with E-state index < -0.39 is 5.60 Å². The lowest BCUT2D eigenvalue weighted by Gasteiger charge is -2.25. The molecule has 146 valence electrons. The lowest BCUT2D eigenvalue weighted by molar-refractivity contribution is 0.0483. The maximum absolute atomic E-state index is 11.2. The van der Waals surface area contributed by atoms with E-state index in [0.717, 1.165) is 25.7 Å². The summed E-state index contributed by atoms with van der Waals surface area (Å²) in [4.78, 5) is 0. The summed E-state index contributed by atoms with van der Waals surface area (Å²) in [6.45, 7) is 0. The van der Waals surface area contributed by atoms with Gasteiger partial charge in [-0.2, -0.15) is 12.6 Å². The Morgan fingerprint density at radius 3 is 1.79 bits per heavy atom. The molecule has 0 aromatic heterocycles. The molecule has 0 amide bonds. The fourth-order valence-corrected chi connectivity index (χ4v) is 5.33. The predicted molar refractivity (Wildman–Crippen MR) is 127 cm³/mol. The van der Waals surface area contributed by atoms with Crippen LogP contribution < -0.4 is 0 Å². The van der Waals surface area contributed by atoms with Crippen LogP contribution in [0.5, 0.6) is 0 Å². The van der Waals surface area contributed by atoms with Crippen molar-refractivity contribution in [2.45, 2.75) is 43.5 Å². The van der Waals surface area contributed by atoms with E-state index in [9.17, 15) is 5.11 Å². The molecule has 0 bridgehead atoms. The molecule has 0 heterocycles. The molecule has 2 heteroatoms. The van der Waals surface area contributed by atoms with Crippen LogP contribution in [0.4, 0.5) is 0 Å². The monoisotopic (exact) mass is 398 g/mol. The zero-order valence-corrected chi connectivity index (χ0v) is 17.5. The second-order valence-electron chi connectivity index (χ2n) is 8.41. The van der Waals surface area contributed by atoms with E-state index in [-0.39, 0.29) is 0 Å². The van der Waals surface area contributed by atoms with Gasteiger partial charge in [-0.15, -0.1) is 0 Å². The first-order chi connectivity index (χ1) is 14.2. The smallest absolute Gasteiger partial charge is 0.0688 e. The van der Waals surface area contributed by atoms with Crippen molar-refractivity contribution < 1.29 is 5.11 Å². The standard InChI is InChI=1S/C27H26OS/c28-27(15-5-6-16-27)17-21-13-11-19-7-1-3-9-23(19)25(21)26-22(18-29)14-12-20-8-2-4-10-24(20)26/h1-4,7-14,28-29H,5-6,15-18H2. The molecule has 4 aromatic carbocycles. The van der Waals surface area contributed by atoms with E-state index in [1.54, 1.807) is 0 Å². The normalized spacial score (nSPS) is 15.9. The van der Waals surface area contributed by atoms with Crippen LogP contribution in [0.3, 0.4) is 0 Å². The van der Waals surface area contributed by atoms with Crippen LogP contribution in [0.15, 0.2) is 72.8 Å². The molecule has 1 aliphatic carbocycles. The Balaban J connectivity index is 1.84. The average molecular weight is 399 g/mol. The highest BCUT2D eigenvalue weighted by Gasteiger charge is 2.32. The lowest BCUT2D eigenvalue weighted by Crippen LogP contribution is -2.27. The van der Waals surface area contributed by atoms with Crippen LogP contribution in [0.2, 0.25) is 0 Å². The molecule has 1 fully saturated rings. The third-order valence-electron chi connectivity index (χ3n) is 6.50. The van der Waals surface area contributed by atoms with Gasteiger partial charge in [-0.25, -0.2) is 0 Å². The molecule has 1 nitrogen and oxygen atoms in total. The zero-order valence-electron chi connectivity index (χ0n) is 16.6. The highest BCUT2D eigenvalue weighted by Crippen LogP contribution is 2.42. The molecule has 0 spiro atoms. The van der Waals surface area contributed by atoms with E-state index in [0.29, 0.717) is 12.2 Å². The van der Waals surface area contributed by atoms with Crippen LogP contribution in [0.1, 0.15) is 36.8 Å². The summed E-state index contributed by atoms with van der Waals surface area (Å²) in [6.07, 6.45) is 4.75. The summed E-state index contributed by atoms with van der Waals surface area (Å²) < 4.78 is 0. The van der Waals surface area contributed by atoms with Gasteiger partial charge in [-0.3, -0.25) is 0 Å². The Labute approximate surface area is 177 Å². The summed E-state index contributed by atoms with van der Waals surface area (Å²) in [7, 11) is 0. The van der Waals surface area contributed by atoms with E-state index in [2.05, 4.69) is 85.4 Å². The zero-order chi connectivity index (χ0) is 19.8. The summed E-state index contributed by atoms with van der Waals surface area (Å²) >= 11 is 4.67. The van der Waals surface area contributed by atoms with Crippen molar-refractivity contribution in [3.8, 4) is 11.1 Å². The maximum Gasteiger partial charge on any atom is 0.0688 e. The third-order valence-corrected chi connectivity index (χ3v) is 6.85. The third kappa shape index (κ3) is 3.35. The minimum Gasteiger partial charge on any atom is -0.390 e. The molecule has 4 aromatic rings. The van der Waals surface area contributed by atoms with Gasteiger partial charge in [-0.05, 0) is 56.6 Å². The van der Waals surface area contributed by atoms with Gasteiger partial charge < -0.3 is 5.11 Å². The number of fused-ring (bicyclic) bond motifs is 2. The highest BCUT2D eigenvalue weighted by atomic mass is 32.1. The molecule has 1 N–H and O–H groups in total. The van der Waals surface area contributed by atoms with E-state index in [1.807, 2.05) is 0 Å². The average Bonchev–Trinajstić information content (AvgIpc) is 3.19. The first-order valence-electron chi connectivity index (χ1n) is 10.5. The number of benzene rings is 4. The number of aliphatic hydroxyl groups is 1. The summed E-state index contributed by atoms with van der Waals surface area (Å²) in [5.74, 6) is 0.688. The van der Waals surface area contributed by atoms with Gasteiger partial charge in [-0.1, -0.05) is 85.6 Å². The number of thiol groups is 1. The summed E-state index contributed by atoms with van der Waals surface area (Å²) in [5, 5.41) is 16.2. The predicted octanol–water partition coefficient (Wildman–Crippen LogP) is 6.94. The topological polar surface area (TPSA) is 20.2 Å². The second kappa shape index (κ2) is 7.51. The molecule has 0 unspecified atom stereocenters. The fourth-order valence-electron chi connectivity index (χ4n) is 5.07. The fraction of sp³-hybridized carbons (Fsp3) is 0.259. The summed E-state index contributed by atoms with van der Waals surface area (Å²) in [5.41, 5.74) is 4.44. The molecule has 0 saturated heterocycles. The van der Waals surface area contributed by atoms with Crippen molar-refractivity contribution in [3.05, 3.63) is 83.9 Å². The Bertz CT molecular complexity index is 1190. The molecule has 1 saturated carbocycles. The number of hydrogen-bond donors (Lipinski definition) is 2. The van der Waals surface area contributed by atoms with Crippen LogP contribution in [-0.4, -0.2) is 10.7 Å². The molecule has 0 atom stereocenters. The molecule has 0 aliphatic heterocycles. The van der Waals surface area contributed by atoms with Crippen molar-refractivity contribution in [3.63, 3.8) is 0 Å². The van der Waals surface area contributed by atoms with Gasteiger partial charge in [0.05, 0.1) is 5.60 Å². The minimum atomic E-state index is -0.580. The molecule has 1 aliphatic rings. The van der Waals surface area contributed by atoms with Gasteiger partial charge in [0.15, 0.2) is 0 Å². The van der Waals surface area contributed by atoms with Gasteiger partial charge in [0.2, 0.25) is 0 Å². The van der Waals surface area contributed by atoms with Crippen molar-refractivity contribution >= 4 is 34.2 Å². The SMILES string of the molecule is OC1(Cc2ccc3ccccc3c2-c2c(CS)ccc3ccccc23)CCCC1. The largest absolute Gasteiger partial charge is 0.390 e. The van der Waals surface area contributed by atoms with Gasteiger partial charge in [0, 0.05) is 12.2 Å². The molecular formula is C27H26OS. The van der Waals surface area contributed by atoms with Crippen LogP contribution in [0.25, 0.3) is 32.7 Å².